The maximum atomic E-state index is 4.63. The van der Waals surface area contributed by atoms with Crippen molar-refractivity contribution in [1.82, 2.24) is 10.3 Å². The van der Waals surface area contributed by atoms with Gasteiger partial charge in [0.2, 0.25) is 0 Å². The Bertz CT molecular complexity index is 358. The molecule has 0 radical (unpaired) electrons. The van der Waals surface area contributed by atoms with Gasteiger partial charge in [-0.05, 0) is 51.4 Å². The van der Waals surface area contributed by atoms with E-state index in [2.05, 4.69) is 43.3 Å². The van der Waals surface area contributed by atoms with Gasteiger partial charge in [0.05, 0.1) is 5.03 Å². The zero-order valence-electron chi connectivity index (χ0n) is 11.0. The zero-order valence-corrected chi connectivity index (χ0v) is 11.8. The van der Waals surface area contributed by atoms with Crippen LogP contribution in [0.5, 0.6) is 0 Å². The molecular weight excluding hydrogens is 228 g/mol. The molecule has 1 fully saturated rings. The molecule has 1 heterocycles. The van der Waals surface area contributed by atoms with E-state index in [0.717, 1.165) is 5.69 Å². The average Bonchev–Trinajstić information content (AvgIpc) is 2.28. The number of aryl methyl sites for hydroxylation is 2. The van der Waals surface area contributed by atoms with Crippen molar-refractivity contribution in [2.24, 2.45) is 0 Å². The molecule has 2 nitrogen and oxygen atoms in total. The van der Waals surface area contributed by atoms with Gasteiger partial charge < -0.3 is 5.32 Å². The fourth-order valence-electron chi connectivity index (χ4n) is 2.59. The second-order valence-corrected chi connectivity index (χ2v) is 6.22. The Balaban J connectivity index is 2.08. The number of nitrogens with zero attached hydrogens (tertiary/aromatic N) is 1. The Morgan fingerprint density at radius 2 is 2.00 bits per heavy atom. The number of nitrogens with one attached hydrogen (secondary N) is 1. The van der Waals surface area contributed by atoms with Crippen LogP contribution >= 0.6 is 11.8 Å². The Morgan fingerprint density at radius 3 is 2.71 bits per heavy atom. The van der Waals surface area contributed by atoms with Gasteiger partial charge in [0.25, 0.3) is 0 Å². The summed E-state index contributed by atoms with van der Waals surface area (Å²) in [5, 5.41) is 5.33. The van der Waals surface area contributed by atoms with Crippen molar-refractivity contribution in [2.45, 2.75) is 55.8 Å². The number of thioether (sulfide) groups is 1. The maximum Gasteiger partial charge on any atom is 0.0968 e. The highest BCUT2D eigenvalue weighted by Crippen LogP contribution is 2.33. The summed E-state index contributed by atoms with van der Waals surface area (Å²) < 4.78 is 0. The van der Waals surface area contributed by atoms with E-state index in [1.807, 2.05) is 11.8 Å². The minimum Gasteiger partial charge on any atom is -0.316 e. The van der Waals surface area contributed by atoms with Crippen molar-refractivity contribution in [1.29, 1.82) is 0 Å². The molecule has 2 unspecified atom stereocenters. The van der Waals surface area contributed by atoms with E-state index in [4.69, 9.17) is 0 Å². The minimum absolute atomic E-state index is 0.649. The molecule has 1 aliphatic carbocycles. The van der Waals surface area contributed by atoms with Crippen LogP contribution in [0.3, 0.4) is 0 Å². The van der Waals surface area contributed by atoms with Gasteiger partial charge in [0.1, 0.15) is 0 Å². The predicted molar refractivity (Wildman–Crippen MR) is 74.7 cm³/mol. The van der Waals surface area contributed by atoms with Crippen LogP contribution in [-0.2, 0) is 0 Å². The molecule has 0 aromatic carbocycles. The van der Waals surface area contributed by atoms with Crippen molar-refractivity contribution in [3.63, 3.8) is 0 Å². The minimum atomic E-state index is 0.649. The van der Waals surface area contributed by atoms with Gasteiger partial charge in [-0.2, -0.15) is 0 Å². The van der Waals surface area contributed by atoms with Crippen molar-refractivity contribution in [3.05, 3.63) is 23.4 Å². The van der Waals surface area contributed by atoms with Crippen molar-refractivity contribution in [3.8, 4) is 0 Å². The SMILES string of the molecule is CNC1CCCCC1Sc1cc(C)cc(C)n1. The Hall–Kier alpha value is -0.540. The van der Waals surface area contributed by atoms with Crippen molar-refractivity contribution in [2.75, 3.05) is 7.05 Å². The van der Waals surface area contributed by atoms with Crippen LogP contribution < -0.4 is 5.32 Å². The topological polar surface area (TPSA) is 24.9 Å². The molecule has 0 aliphatic heterocycles. The lowest BCUT2D eigenvalue weighted by atomic mass is 9.95. The molecule has 0 spiro atoms. The molecule has 17 heavy (non-hydrogen) atoms. The number of rotatable bonds is 3. The highest BCUT2D eigenvalue weighted by molar-refractivity contribution is 7.99. The monoisotopic (exact) mass is 250 g/mol. The van der Waals surface area contributed by atoms with E-state index >= 15 is 0 Å². The first-order chi connectivity index (χ1) is 8.19. The number of hydrogen-bond donors (Lipinski definition) is 1. The van der Waals surface area contributed by atoms with Crippen LogP contribution in [0.15, 0.2) is 17.2 Å². The second kappa shape index (κ2) is 5.87. The van der Waals surface area contributed by atoms with Crippen molar-refractivity contribution < 1.29 is 0 Å². The fraction of sp³-hybridized carbons (Fsp3) is 0.643. The first kappa shape index (κ1) is 12.9. The lowest BCUT2D eigenvalue weighted by Gasteiger charge is -2.30. The Labute approximate surface area is 109 Å². The molecule has 1 aliphatic rings. The van der Waals surface area contributed by atoms with Crippen LogP contribution in [-0.4, -0.2) is 23.3 Å². The van der Waals surface area contributed by atoms with Crippen LogP contribution in [0, 0.1) is 13.8 Å². The molecule has 0 saturated heterocycles. The molecule has 1 aromatic heterocycles. The molecule has 1 N–H and O–H groups in total. The zero-order chi connectivity index (χ0) is 12.3. The van der Waals surface area contributed by atoms with Crippen LogP contribution in [0.4, 0.5) is 0 Å². The third kappa shape index (κ3) is 3.46. The molecule has 3 heteroatoms. The fourth-order valence-corrected chi connectivity index (χ4v) is 4.07. The highest BCUT2D eigenvalue weighted by Gasteiger charge is 2.24. The molecule has 2 atom stereocenters. The first-order valence-corrected chi connectivity index (χ1v) is 7.36. The molecule has 1 saturated carbocycles. The molecule has 1 aromatic rings. The Kier molecular flexibility index (Phi) is 4.46. The van der Waals surface area contributed by atoms with Gasteiger partial charge in [-0.15, -0.1) is 11.8 Å². The smallest absolute Gasteiger partial charge is 0.0968 e. The van der Waals surface area contributed by atoms with E-state index in [0.29, 0.717) is 11.3 Å². The summed E-state index contributed by atoms with van der Waals surface area (Å²) in [7, 11) is 2.08. The quantitative estimate of drug-likeness (QED) is 0.891. The summed E-state index contributed by atoms with van der Waals surface area (Å²) in [4.78, 5) is 4.63. The summed E-state index contributed by atoms with van der Waals surface area (Å²) >= 11 is 1.95. The Morgan fingerprint density at radius 1 is 1.24 bits per heavy atom. The third-order valence-electron chi connectivity index (χ3n) is 3.42. The normalized spacial score (nSPS) is 24.9. The summed E-state index contributed by atoms with van der Waals surface area (Å²) in [6.07, 6.45) is 5.34. The molecule has 0 amide bonds. The van der Waals surface area contributed by atoms with E-state index in [1.165, 1.54) is 36.3 Å². The van der Waals surface area contributed by atoms with Gasteiger partial charge in [0, 0.05) is 17.0 Å². The molecular formula is C14H22N2S. The predicted octanol–water partition coefficient (Wildman–Crippen LogP) is 3.32. The number of hydrogen-bond acceptors (Lipinski definition) is 3. The van der Waals surface area contributed by atoms with Crippen LogP contribution in [0.25, 0.3) is 0 Å². The standard InChI is InChI=1S/C14H22N2S/c1-10-8-11(2)16-14(9-10)17-13-7-5-4-6-12(13)15-3/h8-9,12-13,15H,4-7H2,1-3H3. The van der Waals surface area contributed by atoms with Gasteiger partial charge in [-0.1, -0.05) is 12.8 Å². The van der Waals surface area contributed by atoms with Crippen LogP contribution in [0.1, 0.15) is 36.9 Å². The van der Waals surface area contributed by atoms with E-state index in [1.54, 1.807) is 0 Å². The highest BCUT2D eigenvalue weighted by atomic mass is 32.2. The second-order valence-electron chi connectivity index (χ2n) is 4.96. The lowest BCUT2D eigenvalue weighted by Crippen LogP contribution is -2.38. The third-order valence-corrected chi connectivity index (χ3v) is 4.74. The van der Waals surface area contributed by atoms with E-state index in [9.17, 15) is 0 Å². The van der Waals surface area contributed by atoms with E-state index < -0.39 is 0 Å². The van der Waals surface area contributed by atoms with Gasteiger partial charge in [-0.25, -0.2) is 4.98 Å². The van der Waals surface area contributed by atoms with Crippen LogP contribution in [0.2, 0.25) is 0 Å². The number of pyridine rings is 1. The summed E-state index contributed by atoms with van der Waals surface area (Å²) in [6.45, 7) is 4.22. The number of aromatic nitrogens is 1. The lowest BCUT2D eigenvalue weighted by molar-refractivity contribution is 0.405. The van der Waals surface area contributed by atoms with Gasteiger partial charge in [0.15, 0.2) is 0 Å². The summed E-state index contributed by atoms with van der Waals surface area (Å²) in [5.74, 6) is 0. The maximum absolute atomic E-state index is 4.63. The van der Waals surface area contributed by atoms with Gasteiger partial charge in [-0.3, -0.25) is 0 Å². The van der Waals surface area contributed by atoms with Crippen molar-refractivity contribution >= 4 is 11.8 Å². The van der Waals surface area contributed by atoms with E-state index in [-0.39, 0.29) is 0 Å². The molecule has 0 bridgehead atoms. The van der Waals surface area contributed by atoms with Gasteiger partial charge >= 0.3 is 0 Å². The molecule has 2 rings (SSSR count). The first-order valence-electron chi connectivity index (χ1n) is 6.48. The largest absolute Gasteiger partial charge is 0.316 e. The summed E-state index contributed by atoms with van der Waals surface area (Å²) in [6, 6.07) is 5.00. The molecule has 94 valence electrons. The average molecular weight is 250 g/mol. The summed E-state index contributed by atoms with van der Waals surface area (Å²) in [5.41, 5.74) is 2.45.